The van der Waals surface area contributed by atoms with E-state index in [0.717, 1.165) is 40.9 Å². The second kappa shape index (κ2) is 10.8. The van der Waals surface area contributed by atoms with E-state index in [1.165, 1.54) is 12.1 Å². The largest absolute Gasteiger partial charge is 0.487 e. The van der Waals surface area contributed by atoms with Crippen molar-refractivity contribution in [2.24, 2.45) is 5.41 Å². The summed E-state index contributed by atoms with van der Waals surface area (Å²) in [4.78, 5) is 17.9. The number of aromatic nitrogens is 1. The highest BCUT2D eigenvalue weighted by atomic mass is 19.1. The lowest BCUT2D eigenvalue weighted by Crippen LogP contribution is -2.55. The Hall–Kier alpha value is -3.75. The quantitative estimate of drug-likeness (QED) is 0.442. The number of hydrogen-bond acceptors (Lipinski definition) is 6. The third-order valence-electron chi connectivity index (χ3n) is 7.79. The van der Waals surface area contributed by atoms with Crippen molar-refractivity contribution in [1.82, 2.24) is 9.88 Å². The summed E-state index contributed by atoms with van der Waals surface area (Å²) in [5, 5.41) is 20.7. The van der Waals surface area contributed by atoms with Crippen LogP contribution in [0.25, 0.3) is 5.57 Å². The predicted molar refractivity (Wildman–Crippen MR) is 145 cm³/mol. The van der Waals surface area contributed by atoms with Gasteiger partial charge in [0.25, 0.3) is 0 Å². The van der Waals surface area contributed by atoms with Gasteiger partial charge < -0.3 is 24.6 Å². The highest BCUT2D eigenvalue weighted by Crippen LogP contribution is 2.46. The first-order chi connectivity index (χ1) is 18.7. The van der Waals surface area contributed by atoms with Gasteiger partial charge in [-0.05, 0) is 60.4 Å². The lowest BCUT2D eigenvalue weighted by molar-refractivity contribution is -0.139. The molecule has 2 aromatic carbocycles. The molecule has 0 bridgehead atoms. The molecule has 1 fully saturated rings. The highest BCUT2D eigenvalue weighted by Gasteiger charge is 2.48. The lowest BCUT2D eigenvalue weighted by atomic mass is 9.66. The Morgan fingerprint density at radius 2 is 1.97 bits per heavy atom. The topological polar surface area (TPSA) is 92.1 Å². The number of rotatable bonds is 7. The molecule has 0 radical (unpaired) electrons. The molecule has 2 N–H and O–H groups in total. The molecule has 1 aromatic heterocycles. The summed E-state index contributed by atoms with van der Waals surface area (Å²) in [7, 11) is 0. The Balaban J connectivity index is 1.37. The van der Waals surface area contributed by atoms with Gasteiger partial charge in [-0.3, -0.25) is 4.98 Å². The van der Waals surface area contributed by atoms with Gasteiger partial charge in [-0.1, -0.05) is 38.1 Å². The fourth-order valence-corrected chi connectivity index (χ4v) is 5.66. The van der Waals surface area contributed by atoms with Crippen LogP contribution in [0.15, 0.2) is 66.9 Å². The molecule has 0 spiro atoms. The summed E-state index contributed by atoms with van der Waals surface area (Å²) in [5.41, 5.74) is 2.86. The van der Waals surface area contributed by atoms with E-state index >= 15 is 0 Å². The fourth-order valence-electron chi connectivity index (χ4n) is 5.66. The normalized spacial score (nSPS) is 21.4. The van der Waals surface area contributed by atoms with Crippen molar-refractivity contribution in [1.29, 1.82) is 0 Å². The summed E-state index contributed by atoms with van der Waals surface area (Å²) in [6, 6.07) is 15.4. The number of aliphatic carboxylic acids is 1. The molecular weight excluding hydrogens is 499 g/mol. The second-order valence-electron chi connectivity index (χ2n) is 10.8. The van der Waals surface area contributed by atoms with Gasteiger partial charge in [0, 0.05) is 42.4 Å². The fraction of sp³-hybridized carbons (Fsp3) is 0.355. The molecule has 8 heteroatoms. The molecule has 39 heavy (non-hydrogen) atoms. The van der Waals surface area contributed by atoms with Gasteiger partial charge in [-0.15, -0.1) is 0 Å². The standard InChI is InChI=1S/C31H33FN2O5/c1-30(2)20-34(16-13-31(30,37)21-7-9-22(32)10-8-21)15-4-6-24-25-5-3-14-33-27(25)18-39-28-12-11-23(17-26(24)28)38-19-29(35)36/h3,5-12,14,17,37H,4,13,15-16,18-20H2,1-2H3,(H,35,36)/b24-6+/t31-/m0/s1. The molecule has 0 aliphatic carbocycles. The number of piperidine rings is 1. The second-order valence-corrected chi connectivity index (χ2v) is 10.8. The zero-order valence-electron chi connectivity index (χ0n) is 22.2. The molecule has 2 aliphatic heterocycles. The Morgan fingerprint density at radius 1 is 1.18 bits per heavy atom. The number of carboxylic acids is 1. The number of carboxylic acid groups (broad SMARTS) is 1. The molecule has 1 atom stereocenters. The average molecular weight is 533 g/mol. The first kappa shape index (κ1) is 26.8. The zero-order valence-corrected chi connectivity index (χ0v) is 22.2. The van der Waals surface area contributed by atoms with Gasteiger partial charge in [0.15, 0.2) is 6.61 Å². The molecular formula is C31H33FN2O5. The highest BCUT2D eigenvalue weighted by molar-refractivity contribution is 5.85. The first-order valence-corrected chi connectivity index (χ1v) is 13.1. The number of halogens is 1. The van der Waals surface area contributed by atoms with Crippen LogP contribution in [0, 0.1) is 11.2 Å². The van der Waals surface area contributed by atoms with Gasteiger partial charge in [0.1, 0.15) is 23.9 Å². The van der Waals surface area contributed by atoms with Crippen molar-refractivity contribution in [2.45, 2.75) is 38.9 Å². The van der Waals surface area contributed by atoms with Crippen LogP contribution in [0.4, 0.5) is 4.39 Å². The Kier molecular flexibility index (Phi) is 7.42. The zero-order chi connectivity index (χ0) is 27.6. The maximum Gasteiger partial charge on any atom is 0.341 e. The van der Waals surface area contributed by atoms with Gasteiger partial charge in [-0.2, -0.15) is 0 Å². The van der Waals surface area contributed by atoms with Crippen LogP contribution < -0.4 is 9.47 Å². The van der Waals surface area contributed by atoms with Crippen LogP contribution in [0.1, 0.15) is 49.1 Å². The number of hydrogen-bond donors (Lipinski definition) is 2. The van der Waals surface area contributed by atoms with E-state index in [1.807, 2.05) is 18.2 Å². The molecule has 7 nitrogen and oxygen atoms in total. The van der Waals surface area contributed by atoms with Crippen molar-refractivity contribution >= 4 is 11.5 Å². The third-order valence-corrected chi connectivity index (χ3v) is 7.79. The summed E-state index contributed by atoms with van der Waals surface area (Å²) in [6.07, 6.45) is 5.21. The third kappa shape index (κ3) is 5.53. The summed E-state index contributed by atoms with van der Waals surface area (Å²) in [5.74, 6) is -0.211. The van der Waals surface area contributed by atoms with Gasteiger partial charge in [0.05, 0.1) is 11.3 Å². The molecule has 2 aliphatic rings. The number of pyridine rings is 1. The van der Waals surface area contributed by atoms with Crippen molar-refractivity contribution in [2.75, 3.05) is 26.2 Å². The molecule has 0 saturated carbocycles. The van der Waals surface area contributed by atoms with E-state index in [1.54, 1.807) is 30.5 Å². The van der Waals surface area contributed by atoms with Crippen LogP contribution >= 0.6 is 0 Å². The first-order valence-electron chi connectivity index (χ1n) is 13.1. The smallest absolute Gasteiger partial charge is 0.341 e. The van der Waals surface area contributed by atoms with E-state index in [2.05, 4.69) is 29.8 Å². The van der Waals surface area contributed by atoms with Crippen molar-refractivity contribution in [3.8, 4) is 11.5 Å². The number of benzene rings is 2. The Morgan fingerprint density at radius 3 is 2.72 bits per heavy atom. The summed E-state index contributed by atoms with van der Waals surface area (Å²) >= 11 is 0. The SMILES string of the molecule is CC1(C)CN(CC/C=C2/c3cc(OCC(=O)O)ccc3OCc3ncccc32)CC[C@]1(O)c1ccc(F)cc1. The molecule has 0 unspecified atom stereocenters. The van der Waals surface area contributed by atoms with E-state index in [0.29, 0.717) is 37.6 Å². The molecule has 3 aromatic rings. The maximum absolute atomic E-state index is 13.5. The lowest BCUT2D eigenvalue weighted by Gasteiger charge is -2.50. The summed E-state index contributed by atoms with van der Waals surface area (Å²) < 4.78 is 25.0. The van der Waals surface area contributed by atoms with Gasteiger partial charge >= 0.3 is 5.97 Å². The number of likely N-dealkylation sites (tertiary alicyclic amines) is 1. The number of ether oxygens (including phenoxy) is 2. The van der Waals surface area contributed by atoms with Crippen molar-refractivity contribution in [3.05, 3.63) is 95.1 Å². The van der Waals surface area contributed by atoms with E-state index in [4.69, 9.17) is 14.6 Å². The molecule has 1 saturated heterocycles. The molecule has 204 valence electrons. The Bertz CT molecular complexity index is 1390. The molecule has 5 rings (SSSR count). The van der Waals surface area contributed by atoms with E-state index < -0.39 is 23.6 Å². The number of fused-ring (bicyclic) bond motifs is 2. The Labute approximate surface area is 227 Å². The van der Waals surface area contributed by atoms with Crippen molar-refractivity contribution in [3.63, 3.8) is 0 Å². The van der Waals surface area contributed by atoms with Crippen LogP contribution in [0.3, 0.4) is 0 Å². The predicted octanol–water partition coefficient (Wildman–Crippen LogP) is 5.02. The molecule has 0 amide bonds. The number of aliphatic hydroxyl groups is 1. The summed E-state index contributed by atoms with van der Waals surface area (Å²) in [6.45, 7) is 6.21. The molecule has 3 heterocycles. The van der Waals surface area contributed by atoms with Crippen LogP contribution in [0.5, 0.6) is 11.5 Å². The van der Waals surface area contributed by atoms with Crippen LogP contribution in [-0.4, -0.2) is 52.3 Å². The number of carbonyl (C=O) groups is 1. The average Bonchev–Trinajstić information content (AvgIpc) is 3.06. The van der Waals surface area contributed by atoms with Crippen LogP contribution in [0.2, 0.25) is 0 Å². The van der Waals surface area contributed by atoms with E-state index in [-0.39, 0.29) is 5.82 Å². The monoisotopic (exact) mass is 532 g/mol. The minimum absolute atomic E-state index is 0.312. The van der Waals surface area contributed by atoms with Crippen molar-refractivity contribution < 1.29 is 28.9 Å². The van der Waals surface area contributed by atoms with E-state index in [9.17, 15) is 14.3 Å². The minimum atomic E-state index is -1.04. The van der Waals surface area contributed by atoms with Gasteiger partial charge in [0.2, 0.25) is 0 Å². The number of nitrogens with zero attached hydrogens (tertiary/aromatic N) is 2. The van der Waals surface area contributed by atoms with Gasteiger partial charge in [-0.25, -0.2) is 9.18 Å². The maximum atomic E-state index is 13.5. The minimum Gasteiger partial charge on any atom is -0.487 e. The van der Waals surface area contributed by atoms with Crippen LogP contribution in [-0.2, 0) is 17.0 Å².